The van der Waals surface area contributed by atoms with Crippen molar-refractivity contribution in [2.45, 2.75) is 4.90 Å². The van der Waals surface area contributed by atoms with Gasteiger partial charge in [-0.25, -0.2) is 5.26 Å². The van der Waals surface area contributed by atoms with Gasteiger partial charge in [0.25, 0.3) is 0 Å². The van der Waals surface area contributed by atoms with Crippen molar-refractivity contribution in [3.63, 3.8) is 0 Å². The Kier molecular flexibility index (Phi) is 3.08. The van der Waals surface area contributed by atoms with Gasteiger partial charge in [0.2, 0.25) is 0 Å². The minimum atomic E-state index is -0.0380. The summed E-state index contributed by atoms with van der Waals surface area (Å²) in [6, 6.07) is 10.3. The molecule has 0 saturated carbocycles. The van der Waals surface area contributed by atoms with Gasteiger partial charge in [0.05, 0.1) is 12.0 Å². The van der Waals surface area contributed by atoms with Crippen LogP contribution in [0.3, 0.4) is 0 Å². The molecule has 0 atom stereocenters. The Morgan fingerprint density at radius 3 is 2.67 bits per heavy atom. The van der Waals surface area contributed by atoms with Crippen LogP contribution < -0.4 is 5.11 Å². The van der Waals surface area contributed by atoms with E-state index in [2.05, 4.69) is 9.37 Å². The van der Waals surface area contributed by atoms with Crippen molar-refractivity contribution in [2.24, 2.45) is 0 Å². The van der Waals surface area contributed by atoms with Crippen LogP contribution in [0.2, 0.25) is 0 Å². The van der Waals surface area contributed by atoms with Gasteiger partial charge in [0, 0.05) is 4.90 Å². The van der Waals surface area contributed by atoms with Crippen LogP contribution in [0.15, 0.2) is 41.3 Å². The first-order valence-electron chi connectivity index (χ1n) is 4.15. The Morgan fingerprint density at radius 2 is 1.87 bits per heavy atom. The van der Waals surface area contributed by atoms with E-state index in [4.69, 9.17) is 5.26 Å². The SMILES string of the molecule is [O-]c1ccc2ccc(SOOO)cc2c1. The molecule has 0 aliphatic rings. The van der Waals surface area contributed by atoms with E-state index in [-0.39, 0.29) is 5.75 Å². The zero-order chi connectivity index (χ0) is 10.7. The smallest absolute Gasteiger partial charge is 0.0714 e. The van der Waals surface area contributed by atoms with Gasteiger partial charge in [-0.15, -0.1) is 10.1 Å². The first-order valence-corrected chi connectivity index (χ1v) is 4.89. The maximum Gasteiger partial charge on any atom is 0.0714 e. The summed E-state index contributed by atoms with van der Waals surface area (Å²) >= 11 is 0.867. The Hall–Kier alpha value is -1.27. The number of rotatable bonds is 3. The van der Waals surface area contributed by atoms with E-state index >= 15 is 0 Å². The van der Waals surface area contributed by atoms with Crippen LogP contribution in [0, 0.1) is 0 Å². The molecule has 0 aliphatic heterocycles. The number of hydrogen-bond acceptors (Lipinski definition) is 5. The van der Waals surface area contributed by atoms with Crippen molar-refractivity contribution >= 4 is 22.8 Å². The zero-order valence-corrected chi connectivity index (χ0v) is 8.36. The lowest BCUT2D eigenvalue weighted by atomic mass is 10.1. The van der Waals surface area contributed by atoms with E-state index in [1.165, 1.54) is 6.07 Å². The van der Waals surface area contributed by atoms with Crippen LogP contribution in [0.4, 0.5) is 0 Å². The summed E-state index contributed by atoms with van der Waals surface area (Å²) < 4.78 is 4.29. The van der Waals surface area contributed by atoms with Gasteiger partial charge in [-0.1, -0.05) is 29.3 Å². The summed E-state index contributed by atoms with van der Waals surface area (Å²) in [7, 11) is 0. The molecule has 2 rings (SSSR count). The molecule has 4 nitrogen and oxygen atoms in total. The molecule has 0 aromatic heterocycles. The molecule has 2 aromatic rings. The number of benzene rings is 2. The first kappa shape index (κ1) is 10.3. The average molecular weight is 223 g/mol. The topological polar surface area (TPSA) is 61.8 Å². The summed E-state index contributed by atoms with van der Waals surface area (Å²) in [5.41, 5.74) is 0. The van der Waals surface area contributed by atoms with E-state index < -0.39 is 0 Å². The van der Waals surface area contributed by atoms with Crippen LogP contribution in [0.5, 0.6) is 5.75 Å². The molecule has 0 unspecified atom stereocenters. The quantitative estimate of drug-likeness (QED) is 0.491. The van der Waals surface area contributed by atoms with E-state index in [1.807, 2.05) is 6.07 Å². The van der Waals surface area contributed by atoms with E-state index in [1.54, 1.807) is 24.3 Å². The highest BCUT2D eigenvalue weighted by Crippen LogP contribution is 2.25. The van der Waals surface area contributed by atoms with Crippen molar-refractivity contribution < 1.29 is 19.7 Å². The third-order valence-electron chi connectivity index (χ3n) is 1.94. The minimum Gasteiger partial charge on any atom is -0.872 e. The van der Waals surface area contributed by atoms with Crippen LogP contribution in [-0.4, -0.2) is 5.26 Å². The van der Waals surface area contributed by atoms with Gasteiger partial charge < -0.3 is 5.11 Å². The molecule has 0 aliphatic carbocycles. The summed E-state index contributed by atoms with van der Waals surface area (Å²) in [6.45, 7) is 0. The highest BCUT2D eigenvalue weighted by molar-refractivity contribution is 7.94. The van der Waals surface area contributed by atoms with Gasteiger partial charge in [0.15, 0.2) is 0 Å². The van der Waals surface area contributed by atoms with Crippen LogP contribution in [0.1, 0.15) is 0 Å². The van der Waals surface area contributed by atoms with Gasteiger partial charge in [0.1, 0.15) is 0 Å². The molecule has 0 saturated heterocycles. The monoisotopic (exact) mass is 223 g/mol. The predicted molar refractivity (Wildman–Crippen MR) is 54.0 cm³/mol. The fourth-order valence-electron chi connectivity index (χ4n) is 1.31. The highest BCUT2D eigenvalue weighted by Gasteiger charge is 1.98. The molecule has 78 valence electrons. The fraction of sp³-hybridized carbons (Fsp3) is 0. The van der Waals surface area contributed by atoms with Crippen molar-refractivity contribution in [3.05, 3.63) is 36.4 Å². The lowest BCUT2D eigenvalue weighted by Gasteiger charge is -2.07. The normalized spacial score (nSPS) is 10.7. The molecule has 0 amide bonds. The third kappa shape index (κ3) is 2.40. The number of hydrogen-bond donors (Lipinski definition) is 1. The molecule has 15 heavy (non-hydrogen) atoms. The Balaban J connectivity index is 2.36. The maximum atomic E-state index is 11.1. The first-order chi connectivity index (χ1) is 7.29. The van der Waals surface area contributed by atoms with Gasteiger partial charge in [-0.3, -0.25) is 0 Å². The largest absolute Gasteiger partial charge is 0.872 e. The summed E-state index contributed by atoms with van der Waals surface area (Å²) in [4.78, 5) is 0.738. The summed E-state index contributed by atoms with van der Waals surface area (Å²) in [5.74, 6) is -0.0380. The van der Waals surface area contributed by atoms with Crippen molar-refractivity contribution in [1.29, 1.82) is 0 Å². The molecular weight excluding hydrogens is 216 g/mol. The molecular formula is C10H7O4S-. The molecule has 0 heterocycles. The molecule has 0 spiro atoms. The standard InChI is InChI=1S/C10H8O4S/c11-9-3-1-7-2-4-10(15-14-13-12)6-8(7)5-9/h1-6,11-12H/p-1. The van der Waals surface area contributed by atoms with Gasteiger partial charge >= 0.3 is 0 Å². The van der Waals surface area contributed by atoms with Crippen molar-refractivity contribution in [3.8, 4) is 5.75 Å². The van der Waals surface area contributed by atoms with Crippen LogP contribution in [-0.2, 0) is 9.37 Å². The molecule has 0 radical (unpaired) electrons. The minimum absolute atomic E-state index is 0.0380. The van der Waals surface area contributed by atoms with Gasteiger partial charge in [-0.05, 0) is 22.9 Å². The number of fused-ring (bicyclic) bond motifs is 1. The lowest BCUT2D eigenvalue weighted by Crippen LogP contribution is -1.88. The molecule has 1 N–H and O–H groups in total. The van der Waals surface area contributed by atoms with Gasteiger partial charge in [-0.2, -0.15) is 0 Å². The highest BCUT2D eigenvalue weighted by atomic mass is 32.2. The second-order valence-electron chi connectivity index (χ2n) is 2.90. The van der Waals surface area contributed by atoms with Crippen molar-refractivity contribution in [2.75, 3.05) is 0 Å². The lowest BCUT2D eigenvalue weighted by molar-refractivity contribution is -0.432. The van der Waals surface area contributed by atoms with E-state index in [0.717, 1.165) is 27.7 Å². The fourth-order valence-corrected chi connectivity index (χ4v) is 1.72. The molecule has 0 bridgehead atoms. The van der Waals surface area contributed by atoms with Crippen LogP contribution >= 0.6 is 12.0 Å². The summed E-state index contributed by atoms with van der Waals surface area (Å²) in [6.07, 6.45) is 0. The summed E-state index contributed by atoms with van der Waals surface area (Å²) in [5, 5.41) is 24.4. The second-order valence-corrected chi connectivity index (χ2v) is 3.67. The maximum absolute atomic E-state index is 11.1. The average Bonchev–Trinajstić information content (AvgIpc) is 2.25. The molecule has 2 aromatic carbocycles. The Morgan fingerprint density at radius 1 is 1.07 bits per heavy atom. The molecule has 5 heteroatoms. The zero-order valence-electron chi connectivity index (χ0n) is 7.54. The van der Waals surface area contributed by atoms with E-state index in [0.29, 0.717) is 0 Å². The Labute approximate surface area is 90.1 Å². The van der Waals surface area contributed by atoms with Crippen LogP contribution in [0.25, 0.3) is 10.8 Å². The van der Waals surface area contributed by atoms with E-state index in [9.17, 15) is 5.11 Å². The molecule has 0 fully saturated rings. The Bertz CT molecular complexity index is 472. The predicted octanol–water partition coefficient (Wildman–Crippen LogP) is 2.34. The second kappa shape index (κ2) is 4.50. The third-order valence-corrected chi connectivity index (χ3v) is 2.52. The van der Waals surface area contributed by atoms with Crippen molar-refractivity contribution in [1.82, 2.24) is 0 Å².